The Morgan fingerprint density at radius 1 is 1.10 bits per heavy atom. The molecule has 0 aromatic carbocycles. The first kappa shape index (κ1) is 42.2. The number of rotatable bonds is 14. The van der Waals surface area contributed by atoms with Gasteiger partial charge in [-0.3, -0.25) is 9.59 Å². The van der Waals surface area contributed by atoms with E-state index in [1.54, 1.807) is 6.08 Å². The van der Waals surface area contributed by atoms with Crippen molar-refractivity contribution in [2.75, 3.05) is 14.2 Å². The Kier molecular flexibility index (Phi) is 14.0. The third-order valence-electron chi connectivity index (χ3n) is 10.6. The van der Waals surface area contributed by atoms with E-state index in [0.29, 0.717) is 30.6 Å². The molecule has 0 aliphatic carbocycles. The predicted molar refractivity (Wildman–Crippen MR) is 191 cm³/mol. The molecule has 0 bridgehead atoms. The Hall–Kier alpha value is -2.59. The fourth-order valence-corrected chi connectivity index (χ4v) is 7.77. The van der Waals surface area contributed by atoms with Gasteiger partial charge in [-0.25, -0.2) is 4.79 Å². The molecule has 3 N–H and O–H groups in total. The molecule has 0 amide bonds. The summed E-state index contributed by atoms with van der Waals surface area (Å²) in [5.41, 5.74) is 0.236. The minimum Gasteiger partial charge on any atom is -0.490 e. The summed E-state index contributed by atoms with van der Waals surface area (Å²) in [7, 11) is 2.80. The van der Waals surface area contributed by atoms with Gasteiger partial charge < -0.3 is 48.5 Å². The number of ether oxygens (including phenoxy) is 7. The largest absolute Gasteiger partial charge is 0.490 e. The van der Waals surface area contributed by atoms with Crippen LogP contribution in [-0.2, 0) is 47.5 Å². The third-order valence-corrected chi connectivity index (χ3v) is 11.2. The third kappa shape index (κ3) is 9.93. The van der Waals surface area contributed by atoms with E-state index < -0.39 is 83.4 Å². The van der Waals surface area contributed by atoms with Crippen molar-refractivity contribution in [1.82, 2.24) is 0 Å². The molecule has 52 heavy (non-hydrogen) atoms. The summed E-state index contributed by atoms with van der Waals surface area (Å²) in [6.07, 6.45) is 2.47. The highest BCUT2D eigenvalue weighted by atomic mass is 79.9. The Labute approximate surface area is 314 Å². The van der Waals surface area contributed by atoms with E-state index in [1.807, 2.05) is 44.8 Å². The lowest BCUT2D eigenvalue weighted by Gasteiger charge is -2.55. The summed E-state index contributed by atoms with van der Waals surface area (Å²) in [4.78, 5) is 38.1. The maximum absolute atomic E-state index is 12.2. The Balaban J connectivity index is 1.56. The monoisotopic (exact) mass is 798 g/mol. The number of allylic oxidation sites excluding steroid dienone is 1. The number of esters is 3. The Bertz CT molecular complexity index is 1430. The van der Waals surface area contributed by atoms with E-state index in [-0.39, 0.29) is 31.8 Å². The average molecular weight is 800 g/mol. The number of aliphatic hydroxyl groups is 3. The first-order valence-electron chi connectivity index (χ1n) is 17.8. The van der Waals surface area contributed by atoms with Crippen LogP contribution in [0.3, 0.4) is 0 Å². The van der Waals surface area contributed by atoms with E-state index in [1.165, 1.54) is 34.1 Å². The molecule has 2 fully saturated rings. The zero-order chi connectivity index (χ0) is 38.6. The standard InChI is InChI=1S/C38H55BrO13/c1-21(40)29(43)18-30-35-24(14-34(45)51-35)13-31(50-30)36(3,4)10-9-26-11-23(20-39)12-28(49-26)19-38(47-8)37(5,6)32(48-22(2)41)17-27(52-38)15-25(42)16-33(44)46-7/h9-10,13-14,20-21,25-30,32,35,40,42-43H,11-12,15-19H2,1-8H3/b10-9+,23-20+/t21-,25-,26+,27-,28+,29-,30-,32+,35+,38+/m1/s1. The van der Waals surface area contributed by atoms with Crippen LogP contribution in [0.15, 0.2) is 46.2 Å². The maximum Gasteiger partial charge on any atom is 0.331 e. The van der Waals surface area contributed by atoms with Crippen LogP contribution in [-0.4, -0.2) is 108 Å². The highest BCUT2D eigenvalue weighted by Gasteiger charge is 2.59. The van der Waals surface area contributed by atoms with Gasteiger partial charge in [0.05, 0.1) is 55.6 Å². The van der Waals surface area contributed by atoms with Crippen LogP contribution in [0, 0.1) is 10.8 Å². The molecule has 0 unspecified atom stereocenters. The predicted octanol–water partition coefficient (Wildman–Crippen LogP) is 4.46. The second kappa shape index (κ2) is 17.3. The maximum atomic E-state index is 12.2. The summed E-state index contributed by atoms with van der Waals surface area (Å²) in [6.45, 7) is 10.6. The zero-order valence-electron chi connectivity index (χ0n) is 31.3. The van der Waals surface area contributed by atoms with Crippen LogP contribution in [0.1, 0.15) is 86.5 Å². The van der Waals surface area contributed by atoms with Gasteiger partial charge in [-0.2, -0.15) is 0 Å². The molecular weight excluding hydrogens is 744 g/mol. The molecule has 13 nitrogen and oxygen atoms in total. The summed E-state index contributed by atoms with van der Waals surface area (Å²) in [5.74, 6) is -2.21. The molecule has 14 heteroatoms. The second-order valence-electron chi connectivity index (χ2n) is 15.4. The molecule has 2 saturated heterocycles. The minimum atomic E-state index is -1.30. The normalized spacial score (nSPS) is 32.9. The molecule has 10 atom stereocenters. The lowest BCUT2D eigenvalue weighted by Crippen LogP contribution is -2.63. The van der Waals surface area contributed by atoms with Crippen molar-refractivity contribution in [2.24, 2.45) is 10.8 Å². The van der Waals surface area contributed by atoms with Crippen LogP contribution >= 0.6 is 15.9 Å². The minimum absolute atomic E-state index is 0.0694. The smallest absolute Gasteiger partial charge is 0.331 e. The van der Waals surface area contributed by atoms with Gasteiger partial charge in [-0.05, 0) is 44.7 Å². The van der Waals surface area contributed by atoms with Gasteiger partial charge in [0, 0.05) is 56.8 Å². The highest BCUT2D eigenvalue weighted by Crippen LogP contribution is 2.51. The van der Waals surface area contributed by atoms with Crippen molar-refractivity contribution >= 4 is 33.8 Å². The first-order chi connectivity index (χ1) is 24.3. The second-order valence-corrected chi connectivity index (χ2v) is 15.8. The Morgan fingerprint density at radius 2 is 1.81 bits per heavy atom. The molecule has 4 heterocycles. The van der Waals surface area contributed by atoms with Gasteiger partial charge in [-0.15, -0.1) is 0 Å². The van der Waals surface area contributed by atoms with Crippen molar-refractivity contribution in [1.29, 1.82) is 0 Å². The molecule has 4 aliphatic heterocycles. The van der Waals surface area contributed by atoms with Crippen molar-refractivity contribution in [2.45, 2.75) is 147 Å². The summed E-state index contributed by atoms with van der Waals surface area (Å²) < 4.78 is 41.9. The number of halogens is 1. The van der Waals surface area contributed by atoms with Gasteiger partial charge in [0.1, 0.15) is 18.0 Å². The molecule has 0 saturated carbocycles. The van der Waals surface area contributed by atoms with E-state index in [0.717, 1.165) is 5.57 Å². The average Bonchev–Trinajstić information content (AvgIpc) is 3.46. The van der Waals surface area contributed by atoms with Gasteiger partial charge in [0.15, 0.2) is 11.9 Å². The van der Waals surface area contributed by atoms with Crippen molar-refractivity contribution in [3.8, 4) is 0 Å². The SMILES string of the molecule is COC(=O)C[C@H](O)C[C@@H]1C[C@H](OC(C)=O)C(C)(C)[C@@](C[C@@H]2C/C(=C/Br)C[C@H](/C=C/C(C)(C)C3=CC4=CC(=O)O[C@@H]4[C@@H](C[C@@H](O)[C@@H](C)O)O3)O2)(OC)O1. The topological polar surface area (TPSA) is 177 Å². The molecule has 0 radical (unpaired) electrons. The van der Waals surface area contributed by atoms with E-state index in [2.05, 4.69) is 15.9 Å². The summed E-state index contributed by atoms with van der Waals surface area (Å²) >= 11 is 3.52. The van der Waals surface area contributed by atoms with Crippen LogP contribution in [0.5, 0.6) is 0 Å². The fourth-order valence-electron chi connectivity index (χ4n) is 7.40. The molecule has 0 spiro atoms. The number of methoxy groups -OCH3 is 2. The van der Waals surface area contributed by atoms with Crippen LogP contribution in [0.25, 0.3) is 0 Å². The molecule has 292 valence electrons. The van der Waals surface area contributed by atoms with Gasteiger partial charge >= 0.3 is 17.9 Å². The molecule has 0 aromatic heterocycles. The van der Waals surface area contributed by atoms with E-state index in [4.69, 9.17) is 33.2 Å². The molecular formula is C38H55BrO13. The quantitative estimate of drug-likeness (QED) is 0.128. The molecule has 4 aliphatic rings. The number of hydrogen-bond acceptors (Lipinski definition) is 13. The number of hydrogen-bond donors (Lipinski definition) is 3. The van der Waals surface area contributed by atoms with Crippen molar-refractivity contribution in [3.05, 3.63) is 46.2 Å². The number of fused-ring (bicyclic) bond motifs is 1. The van der Waals surface area contributed by atoms with E-state index >= 15 is 0 Å². The number of carbonyl (C=O) groups is 3. The van der Waals surface area contributed by atoms with Gasteiger partial charge in [-0.1, -0.05) is 47.5 Å². The van der Waals surface area contributed by atoms with Crippen molar-refractivity contribution in [3.63, 3.8) is 0 Å². The van der Waals surface area contributed by atoms with Crippen LogP contribution in [0.4, 0.5) is 0 Å². The number of aliphatic hydroxyl groups excluding tert-OH is 3. The lowest BCUT2D eigenvalue weighted by atomic mass is 9.70. The van der Waals surface area contributed by atoms with Crippen molar-refractivity contribution < 1.29 is 62.9 Å². The lowest BCUT2D eigenvalue weighted by molar-refractivity contribution is -0.358. The summed E-state index contributed by atoms with van der Waals surface area (Å²) in [6, 6.07) is 0. The van der Waals surface area contributed by atoms with E-state index in [9.17, 15) is 29.7 Å². The van der Waals surface area contributed by atoms with Crippen LogP contribution < -0.4 is 0 Å². The first-order valence-corrected chi connectivity index (χ1v) is 18.7. The zero-order valence-corrected chi connectivity index (χ0v) is 32.9. The number of carbonyl (C=O) groups excluding carboxylic acids is 3. The fraction of sp³-hybridized carbons (Fsp3) is 0.711. The highest BCUT2D eigenvalue weighted by molar-refractivity contribution is 9.11. The molecule has 0 aromatic rings. The Morgan fingerprint density at radius 3 is 2.42 bits per heavy atom. The summed E-state index contributed by atoms with van der Waals surface area (Å²) in [5, 5.41) is 31.0. The van der Waals surface area contributed by atoms with Gasteiger partial charge in [0.25, 0.3) is 0 Å². The molecule has 4 rings (SSSR count). The van der Waals surface area contributed by atoms with Crippen LogP contribution in [0.2, 0.25) is 0 Å². The van der Waals surface area contributed by atoms with Gasteiger partial charge in [0.2, 0.25) is 0 Å².